The lowest BCUT2D eigenvalue weighted by molar-refractivity contribution is -0.385. The molecule has 0 saturated carbocycles. The third-order valence-electron chi connectivity index (χ3n) is 3.21. The van der Waals surface area contributed by atoms with E-state index in [0.29, 0.717) is 18.4 Å². The number of ether oxygens (including phenoxy) is 1. The van der Waals surface area contributed by atoms with Gasteiger partial charge in [0.25, 0.3) is 5.69 Å². The molecule has 0 amide bonds. The molecule has 0 saturated heterocycles. The van der Waals surface area contributed by atoms with Crippen LogP contribution in [0.4, 0.5) is 5.69 Å². The van der Waals surface area contributed by atoms with Gasteiger partial charge >= 0.3 is 5.97 Å². The fourth-order valence-corrected chi connectivity index (χ4v) is 1.96. The van der Waals surface area contributed by atoms with Crippen LogP contribution in [0.25, 0.3) is 0 Å². The molecule has 126 valence electrons. The van der Waals surface area contributed by atoms with Crippen molar-refractivity contribution in [1.29, 1.82) is 0 Å². The predicted molar refractivity (Wildman–Crippen MR) is 92.5 cm³/mol. The topological polar surface area (TPSA) is 69.4 Å². The lowest BCUT2D eigenvalue weighted by Gasteiger charge is -2.04. The summed E-state index contributed by atoms with van der Waals surface area (Å²) in [5.41, 5.74) is 0.637. The zero-order chi connectivity index (χ0) is 17.8. The second-order valence-electron chi connectivity index (χ2n) is 5.03. The Morgan fingerprint density at radius 3 is 2.54 bits per heavy atom. The highest BCUT2D eigenvalue weighted by molar-refractivity contribution is 5.90. The largest absolute Gasteiger partial charge is 0.462 e. The highest BCUT2D eigenvalue weighted by atomic mass is 16.6. The molecule has 1 aromatic carbocycles. The van der Waals surface area contributed by atoms with Crippen LogP contribution >= 0.6 is 0 Å². The summed E-state index contributed by atoms with van der Waals surface area (Å²) in [6, 6.07) is 4.38. The molecule has 0 N–H and O–H groups in total. The van der Waals surface area contributed by atoms with Gasteiger partial charge in [-0.1, -0.05) is 31.3 Å². The fraction of sp³-hybridized carbons (Fsp3) is 0.421. The number of esters is 1. The number of benzene rings is 1. The van der Waals surface area contributed by atoms with Gasteiger partial charge in [-0.05, 0) is 37.7 Å². The number of aryl methyl sites for hydroxylation is 1. The molecule has 5 nitrogen and oxygen atoms in total. The number of unbranched alkanes of at least 4 members (excludes halogenated alkanes) is 2. The first-order valence-electron chi connectivity index (χ1n) is 8.00. The molecule has 0 atom stereocenters. The summed E-state index contributed by atoms with van der Waals surface area (Å²) in [5.74, 6) is 10.8. The van der Waals surface area contributed by atoms with Crippen molar-refractivity contribution in [1.82, 2.24) is 0 Å². The van der Waals surface area contributed by atoms with Gasteiger partial charge < -0.3 is 4.74 Å². The quantitative estimate of drug-likeness (QED) is 0.250. The Morgan fingerprint density at radius 2 is 1.92 bits per heavy atom. The standard InChI is InChI=1S/C19H21NO4/c1-3-5-6-7-8-9-10-11-12-16-13-14-17(19(21)24-4-2)15-18(16)20(22)23/h13-15H,3-6,11-12H2,1-2H3. The van der Waals surface area contributed by atoms with Crippen molar-refractivity contribution in [2.45, 2.75) is 46.0 Å². The zero-order valence-electron chi connectivity index (χ0n) is 14.1. The number of carbonyl (C=O) groups excluding carboxylic acids is 1. The highest BCUT2D eigenvalue weighted by Gasteiger charge is 2.17. The molecule has 1 rings (SSSR count). The Kier molecular flexibility index (Phi) is 8.71. The van der Waals surface area contributed by atoms with Crippen LogP contribution in [0.2, 0.25) is 0 Å². The molecule has 0 aliphatic carbocycles. The molecule has 5 heteroatoms. The average molecular weight is 327 g/mol. The van der Waals surface area contributed by atoms with Crippen LogP contribution in [0.15, 0.2) is 18.2 Å². The van der Waals surface area contributed by atoms with Gasteiger partial charge in [0.2, 0.25) is 0 Å². The number of rotatable bonds is 7. The maximum Gasteiger partial charge on any atom is 0.338 e. The second-order valence-corrected chi connectivity index (χ2v) is 5.03. The monoisotopic (exact) mass is 327 g/mol. The van der Waals surface area contributed by atoms with Crippen LogP contribution in [0.3, 0.4) is 0 Å². The zero-order valence-corrected chi connectivity index (χ0v) is 14.1. The molecule has 1 aromatic rings. The minimum atomic E-state index is -0.561. The number of nitro benzene ring substituents is 1. The molecule has 0 heterocycles. The fourth-order valence-electron chi connectivity index (χ4n) is 1.96. The van der Waals surface area contributed by atoms with E-state index in [0.717, 1.165) is 19.3 Å². The van der Waals surface area contributed by atoms with Gasteiger partial charge in [0.1, 0.15) is 0 Å². The van der Waals surface area contributed by atoms with Gasteiger partial charge in [-0.3, -0.25) is 10.1 Å². The summed E-state index contributed by atoms with van der Waals surface area (Å²) in [4.78, 5) is 22.4. The first kappa shape index (κ1) is 19.3. The van der Waals surface area contributed by atoms with Gasteiger partial charge in [0, 0.05) is 24.5 Å². The van der Waals surface area contributed by atoms with E-state index in [-0.39, 0.29) is 17.9 Å². The summed E-state index contributed by atoms with van der Waals surface area (Å²) < 4.78 is 4.86. The van der Waals surface area contributed by atoms with Gasteiger partial charge in [-0.2, -0.15) is 0 Å². The summed E-state index contributed by atoms with van der Waals surface area (Å²) in [6.45, 7) is 4.02. The van der Waals surface area contributed by atoms with Crippen molar-refractivity contribution < 1.29 is 14.5 Å². The molecule has 0 bridgehead atoms. The Bertz CT molecular complexity index is 702. The molecule has 0 spiro atoms. The van der Waals surface area contributed by atoms with Crippen LogP contribution < -0.4 is 0 Å². The third kappa shape index (κ3) is 6.54. The number of nitrogens with zero attached hydrogens (tertiary/aromatic N) is 1. The summed E-state index contributed by atoms with van der Waals surface area (Å²) in [6.07, 6.45) is 3.92. The number of hydrogen-bond donors (Lipinski definition) is 0. The third-order valence-corrected chi connectivity index (χ3v) is 3.21. The molecule has 0 unspecified atom stereocenters. The summed E-state index contributed by atoms with van der Waals surface area (Å²) in [5, 5.41) is 11.2. The van der Waals surface area contributed by atoms with Crippen molar-refractivity contribution >= 4 is 11.7 Å². The van der Waals surface area contributed by atoms with Gasteiger partial charge in [0.05, 0.1) is 17.1 Å². The molecule has 0 radical (unpaired) electrons. The molecule has 0 aliphatic heterocycles. The van der Waals surface area contributed by atoms with E-state index in [1.807, 2.05) is 0 Å². The molecular weight excluding hydrogens is 306 g/mol. The van der Waals surface area contributed by atoms with E-state index >= 15 is 0 Å². The molecular formula is C19H21NO4. The Balaban J connectivity index is 2.74. The number of nitro groups is 1. The first-order chi connectivity index (χ1) is 11.6. The average Bonchev–Trinajstić information content (AvgIpc) is 2.57. The summed E-state index contributed by atoms with van der Waals surface area (Å²) >= 11 is 0. The predicted octanol–water partition coefficient (Wildman–Crippen LogP) is 3.90. The van der Waals surface area contributed by atoms with Crippen molar-refractivity contribution in [3.8, 4) is 23.7 Å². The van der Waals surface area contributed by atoms with E-state index in [4.69, 9.17) is 4.74 Å². The van der Waals surface area contributed by atoms with Gasteiger partial charge in [-0.25, -0.2) is 4.79 Å². The lowest BCUT2D eigenvalue weighted by Crippen LogP contribution is -2.06. The van der Waals surface area contributed by atoms with E-state index in [9.17, 15) is 14.9 Å². The van der Waals surface area contributed by atoms with Gasteiger partial charge in [-0.15, -0.1) is 0 Å². The number of carbonyl (C=O) groups is 1. The van der Waals surface area contributed by atoms with Crippen molar-refractivity contribution in [3.63, 3.8) is 0 Å². The molecule has 0 fully saturated rings. The van der Waals surface area contributed by atoms with E-state index in [1.54, 1.807) is 13.0 Å². The van der Waals surface area contributed by atoms with Crippen molar-refractivity contribution in [2.24, 2.45) is 0 Å². The summed E-state index contributed by atoms with van der Waals surface area (Å²) in [7, 11) is 0. The van der Waals surface area contributed by atoms with Crippen LogP contribution in [-0.2, 0) is 11.2 Å². The van der Waals surface area contributed by atoms with Crippen molar-refractivity contribution in [2.75, 3.05) is 6.61 Å². The normalized spacial score (nSPS) is 9.25. The Morgan fingerprint density at radius 1 is 1.21 bits per heavy atom. The Labute approximate surface area is 142 Å². The van der Waals surface area contributed by atoms with E-state index < -0.39 is 10.9 Å². The lowest BCUT2D eigenvalue weighted by atomic mass is 10.0. The maximum absolute atomic E-state index is 11.7. The van der Waals surface area contributed by atoms with E-state index in [1.165, 1.54) is 12.1 Å². The van der Waals surface area contributed by atoms with E-state index in [2.05, 4.69) is 30.6 Å². The first-order valence-corrected chi connectivity index (χ1v) is 8.00. The van der Waals surface area contributed by atoms with Gasteiger partial charge in [0.15, 0.2) is 0 Å². The Hall–Kier alpha value is -2.79. The highest BCUT2D eigenvalue weighted by Crippen LogP contribution is 2.22. The van der Waals surface area contributed by atoms with Crippen molar-refractivity contribution in [3.05, 3.63) is 39.4 Å². The van der Waals surface area contributed by atoms with Crippen LogP contribution in [0, 0.1) is 33.8 Å². The second kappa shape index (κ2) is 10.9. The molecule has 0 aliphatic rings. The maximum atomic E-state index is 11.7. The minimum Gasteiger partial charge on any atom is -0.462 e. The molecule has 0 aromatic heterocycles. The van der Waals surface area contributed by atoms with Crippen LogP contribution in [0.1, 0.15) is 55.5 Å². The minimum absolute atomic E-state index is 0.0867. The smallest absolute Gasteiger partial charge is 0.338 e. The van der Waals surface area contributed by atoms with Crippen LogP contribution in [0.5, 0.6) is 0 Å². The number of hydrogen-bond acceptors (Lipinski definition) is 4. The SMILES string of the molecule is CCCCC#CC#CCCc1ccc(C(=O)OCC)cc1[N+](=O)[O-]. The molecule has 24 heavy (non-hydrogen) atoms. The van der Waals surface area contributed by atoms with Crippen LogP contribution in [-0.4, -0.2) is 17.5 Å².